The molecule has 0 fully saturated rings. The molecule has 2 atom stereocenters. The molecule has 0 aromatic carbocycles. The highest BCUT2D eigenvalue weighted by atomic mass is 79.9. The second-order valence-corrected chi connectivity index (χ2v) is 2.88. The van der Waals surface area contributed by atoms with Crippen LogP contribution in [0, 0.1) is 11.3 Å². The first-order valence-corrected chi connectivity index (χ1v) is 3.21. The van der Waals surface area contributed by atoms with Crippen LogP contribution in [0.15, 0.2) is 0 Å². The second-order valence-electron chi connectivity index (χ2n) is 1.21. The van der Waals surface area contributed by atoms with Crippen molar-refractivity contribution in [1.82, 2.24) is 0 Å². The zero-order chi connectivity index (χ0) is 5.86. The molecule has 0 aliphatic heterocycles. The molecule has 0 bridgehead atoms. The third-order valence-corrected chi connectivity index (χ3v) is 2.08. The van der Waals surface area contributed by atoms with Crippen molar-refractivity contribution in [2.75, 3.05) is 0 Å². The van der Waals surface area contributed by atoms with Gasteiger partial charge in [0.2, 0.25) is 0 Å². The van der Waals surface area contributed by atoms with Gasteiger partial charge in [0.1, 0.15) is 4.83 Å². The van der Waals surface area contributed by atoms with Gasteiger partial charge in [0.25, 0.3) is 0 Å². The highest BCUT2D eigenvalue weighted by Gasteiger charge is 2.06. The van der Waals surface area contributed by atoms with Gasteiger partial charge in [-0.3, -0.25) is 0 Å². The summed E-state index contributed by atoms with van der Waals surface area (Å²) >= 11 is 8.51. The molecule has 40 valence electrons. The summed E-state index contributed by atoms with van der Waals surface area (Å²) in [6, 6.07) is 1.95. The van der Waals surface area contributed by atoms with E-state index in [1.807, 2.05) is 6.07 Å². The molecule has 1 nitrogen and oxygen atoms in total. The van der Waals surface area contributed by atoms with Crippen molar-refractivity contribution in [2.24, 2.45) is 0 Å². The van der Waals surface area contributed by atoms with E-state index in [1.165, 1.54) is 0 Å². The Labute approximate surface area is 56.4 Å². The Morgan fingerprint density at radius 1 is 1.86 bits per heavy atom. The first kappa shape index (κ1) is 7.26. The van der Waals surface area contributed by atoms with E-state index in [4.69, 9.17) is 16.9 Å². The van der Waals surface area contributed by atoms with Crippen LogP contribution in [-0.4, -0.2) is 10.2 Å². The van der Waals surface area contributed by atoms with Crippen LogP contribution in [0.2, 0.25) is 0 Å². The molecule has 0 heterocycles. The van der Waals surface area contributed by atoms with Crippen LogP contribution in [0.25, 0.3) is 0 Å². The first-order chi connectivity index (χ1) is 3.18. The van der Waals surface area contributed by atoms with Crippen molar-refractivity contribution in [3.8, 4) is 6.07 Å². The summed E-state index contributed by atoms with van der Waals surface area (Å²) in [6.45, 7) is 1.77. The Hall–Kier alpha value is 0.260. The minimum absolute atomic E-state index is 0.106. The molecule has 0 saturated carbocycles. The Balaban J connectivity index is 3.40. The SMILES string of the molecule is C[C@@H](Cl)[C@@H](Br)C#N. The lowest BCUT2D eigenvalue weighted by Crippen LogP contribution is -2.05. The quantitative estimate of drug-likeness (QED) is 0.568. The minimum Gasteiger partial charge on any atom is -0.197 e. The monoisotopic (exact) mass is 181 g/mol. The van der Waals surface area contributed by atoms with Gasteiger partial charge in [-0.05, 0) is 6.92 Å². The van der Waals surface area contributed by atoms with E-state index in [2.05, 4.69) is 15.9 Å². The van der Waals surface area contributed by atoms with Gasteiger partial charge in [-0.2, -0.15) is 5.26 Å². The van der Waals surface area contributed by atoms with E-state index in [0.29, 0.717) is 0 Å². The van der Waals surface area contributed by atoms with Gasteiger partial charge < -0.3 is 0 Å². The molecule has 0 amide bonds. The fourth-order valence-electron chi connectivity index (χ4n) is 0.103. The van der Waals surface area contributed by atoms with E-state index < -0.39 is 0 Å². The first-order valence-electron chi connectivity index (χ1n) is 1.86. The summed E-state index contributed by atoms with van der Waals surface area (Å²) in [5.74, 6) is 0. The Morgan fingerprint density at radius 3 is 2.29 bits per heavy atom. The van der Waals surface area contributed by atoms with Gasteiger partial charge in [0.05, 0.1) is 11.4 Å². The Kier molecular flexibility index (Phi) is 3.41. The van der Waals surface area contributed by atoms with Crippen LogP contribution in [0.5, 0.6) is 0 Å². The zero-order valence-corrected chi connectivity index (χ0v) is 6.20. The second kappa shape index (κ2) is 3.29. The van der Waals surface area contributed by atoms with Crippen molar-refractivity contribution in [1.29, 1.82) is 5.26 Å². The maximum Gasteiger partial charge on any atom is 0.117 e. The zero-order valence-electron chi connectivity index (χ0n) is 3.86. The van der Waals surface area contributed by atoms with Crippen LogP contribution in [0.1, 0.15) is 6.92 Å². The highest BCUT2D eigenvalue weighted by Crippen LogP contribution is 2.08. The maximum absolute atomic E-state index is 8.12. The highest BCUT2D eigenvalue weighted by molar-refractivity contribution is 9.09. The van der Waals surface area contributed by atoms with E-state index in [-0.39, 0.29) is 10.2 Å². The van der Waals surface area contributed by atoms with Gasteiger partial charge in [-0.15, -0.1) is 11.6 Å². The van der Waals surface area contributed by atoms with E-state index in [0.717, 1.165) is 0 Å². The van der Waals surface area contributed by atoms with E-state index >= 15 is 0 Å². The molecule has 7 heavy (non-hydrogen) atoms. The van der Waals surface area contributed by atoms with Gasteiger partial charge >= 0.3 is 0 Å². The molecule has 3 heteroatoms. The van der Waals surface area contributed by atoms with Crippen molar-refractivity contribution >= 4 is 27.5 Å². The fourth-order valence-corrected chi connectivity index (χ4v) is 0.159. The minimum atomic E-state index is -0.214. The number of rotatable bonds is 1. The molecular weight excluding hydrogens is 177 g/mol. The van der Waals surface area contributed by atoms with Crippen molar-refractivity contribution in [3.05, 3.63) is 0 Å². The number of nitrogens with zero attached hydrogens (tertiary/aromatic N) is 1. The lowest BCUT2D eigenvalue weighted by Gasteiger charge is -1.97. The molecule has 0 aliphatic carbocycles. The summed E-state index contributed by atoms with van der Waals surface area (Å²) in [4.78, 5) is -0.214. The molecule has 0 rings (SSSR count). The van der Waals surface area contributed by atoms with E-state index in [9.17, 15) is 0 Å². The molecular formula is C4H5BrClN. The summed E-state index contributed by atoms with van der Waals surface area (Å²) in [5, 5.41) is 8.02. The topological polar surface area (TPSA) is 23.8 Å². The van der Waals surface area contributed by atoms with E-state index in [1.54, 1.807) is 6.92 Å². The fraction of sp³-hybridized carbons (Fsp3) is 0.750. The molecule has 0 spiro atoms. The third kappa shape index (κ3) is 2.90. The molecule has 0 radical (unpaired) electrons. The van der Waals surface area contributed by atoms with Crippen LogP contribution in [0.3, 0.4) is 0 Å². The molecule has 0 N–H and O–H groups in total. The van der Waals surface area contributed by atoms with Crippen molar-refractivity contribution in [3.63, 3.8) is 0 Å². The number of hydrogen-bond donors (Lipinski definition) is 0. The molecule has 0 aliphatic rings. The van der Waals surface area contributed by atoms with Crippen molar-refractivity contribution in [2.45, 2.75) is 17.1 Å². The largest absolute Gasteiger partial charge is 0.197 e. The lowest BCUT2D eigenvalue weighted by molar-refractivity contribution is 1.01. The van der Waals surface area contributed by atoms with Crippen LogP contribution in [0.4, 0.5) is 0 Å². The molecule has 0 unspecified atom stereocenters. The lowest BCUT2D eigenvalue weighted by atomic mass is 10.4. The van der Waals surface area contributed by atoms with Crippen molar-refractivity contribution < 1.29 is 0 Å². The summed E-state index contributed by atoms with van der Waals surface area (Å²) in [5.41, 5.74) is 0. The van der Waals surface area contributed by atoms with Gasteiger partial charge in [0.15, 0.2) is 0 Å². The average molecular weight is 182 g/mol. The molecule has 0 aromatic rings. The molecule has 0 saturated heterocycles. The smallest absolute Gasteiger partial charge is 0.117 e. The summed E-state index contributed by atoms with van der Waals surface area (Å²) < 4.78 is 0. The summed E-state index contributed by atoms with van der Waals surface area (Å²) in [6.07, 6.45) is 0. The van der Waals surface area contributed by atoms with Gasteiger partial charge in [0, 0.05) is 0 Å². The third-order valence-electron chi connectivity index (χ3n) is 0.527. The average Bonchev–Trinajstić information content (AvgIpc) is 1.65. The van der Waals surface area contributed by atoms with Crippen LogP contribution >= 0.6 is 27.5 Å². The predicted molar refractivity (Wildman–Crippen MR) is 33.6 cm³/mol. The van der Waals surface area contributed by atoms with Gasteiger partial charge in [-0.1, -0.05) is 15.9 Å². The standard InChI is InChI=1S/C4H5BrClN/c1-3(6)4(5)2-7/h3-4H,1H3/t3-,4+/m1/s1. The number of halogens is 2. The normalized spacial score (nSPS) is 17.4. The number of alkyl halides is 2. The van der Waals surface area contributed by atoms with Gasteiger partial charge in [-0.25, -0.2) is 0 Å². The molecule has 0 aromatic heterocycles. The van der Waals surface area contributed by atoms with Crippen LogP contribution < -0.4 is 0 Å². The predicted octanol–water partition coefficient (Wildman–Crippen LogP) is 1.90. The summed E-state index contributed by atoms with van der Waals surface area (Å²) in [7, 11) is 0. The Bertz CT molecular complexity index is 86.2. The maximum atomic E-state index is 8.12. The number of nitriles is 1. The number of hydrogen-bond acceptors (Lipinski definition) is 1. The van der Waals surface area contributed by atoms with Crippen LogP contribution in [-0.2, 0) is 0 Å². The Morgan fingerprint density at radius 2 is 2.29 bits per heavy atom.